The van der Waals surface area contributed by atoms with Crippen LogP contribution < -0.4 is 5.32 Å². The number of anilines is 1. The Bertz CT molecular complexity index is 626. The Morgan fingerprint density at radius 2 is 2.00 bits per heavy atom. The number of carbonyl (C=O) groups is 1. The lowest BCUT2D eigenvalue weighted by atomic mass is 9.94. The van der Waals surface area contributed by atoms with E-state index in [4.69, 9.17) is 9.47 Å². The molecule has 0 unspecified atom stereocenters. The van der Waals surface area contributed by atoms with Crippen molar-refractivity contribution in [3.8, 4) is 0 Å². The van der Waals surface area contributed by atoms with E-state index in [2.05, 4.69) is 10.3 Å². The molecular weight excluding hydrogens is 312 g/mol. The number of aromatic nitrogens is 1. The molecule has 0 aliphatic rings. The van der Waals surface area contributed by atoms with E-state index in [1.54, 1.807) is 7.11 Å². The van der Waals surface area contributed by atoms with Crippen LogP contribution in [0.5, 0.6) is 0 Å². The van der Waals surface area contributed by atoms with Crippen LogP contribution in [0.3, 0.4) is 0 Å². The summed E-state index contributed by atoms with van der Waals surface area (Å²) in [5.41, 5.74) is 1.26. The fourth-order valence-corrected chi connectivity index (χ4v) is 2.60. The molecule has 0 atom stereocenters. The normalized spacial score (nSPS) is 11.4. The number of nitrogens with one attached hydrogen (secondary N) is 1. The second kappa shape index (κ2) is 8.19. The van der Waals surface area contributed by atoms with Gasteiger partial charge in [-0.1, -0.05) is 30.3 Å². The number of carbonyl (C=O) groups excluding carboxylic acids is 1. The van der Waals surface area contributed by atoms with Crippen molar-refractivity contribution < 1.29 is 14.3 Å². The zero-order valence-electron chi connectivity index (χ0n) is 13.7. The predicted octanol–water partition coefficient (Wildman–Crippen LogP) is 3.47. The molecule has 0 radical (unpaired) electrons. The molecule has 0 spiro atoms. The molecule has 0 fully saturated rings. The highest BCUT2D eigenvalue weighted by molar-refractivity contribution is 7.13. The fourth-order valence-electron chi connectivity index (χ4n) is 1.91. The van der Waals surface area contributed by atoms with Crippen LogP contribution in [0.15, 0.2) is 35.7 Å². The number of benzene rings is 1. The molecule has 1 aromatic carbocycles. The lowest BCUT2D eigenvalue weighted by Gasteiger charge is -2.22. The van der Waals surface area contributed by atoms with E-state index in [0.717, 1.165) is 11.3 Å². The number of methoxy groups -OCH3 is 1. The molecule has 0 aliphatic carbocycles. The van der Waals surface area contributed by atoms with E-state index in [1.807, 2.05) is 49.6 Å². The van der Waals surface area contributed by atoms with E-state index in [9.17, 15) is 4.79 Å². The zero-order valence-corrected chi connectivity index (χ0v) is 14.5. The topological polar surface area (TPSA) is 60.5 Å². The van der Waals surface area contributed by atoms with E-state index in [1.165, 1.54) is 11.3 Å². The highest BCUT2D eigenvalue weighted by Crippen LogP contribution is 2.22. The molecule has 0 aliphatic heterocycles. The summed E-state index contributed by atoms with van der Waals surface area (Å²) in [7, 11) is 1.62. The first kappa shape index (κ1) is 17.6. The summed E-state index contributed by atoms with van der Waals surface area (Å²) in [4.78, 5) is 16.7. The number of rotatable bonds is 8. The Morgan fingerprint density at radius 3 is 2.70 bits per heavy atom. The van der Waals surface area contributed by atoms with Gasteiger partial charge in [0, 0.05) is 12.5 Å². The van der Waals surface area contributed by atoms with Crippen molar-refractivity contribution in [3.63, 3.8) is 0 Å². The average molecular weight is 334 g/mol. The van der Waals surface area contributed by atoms with Crippen LogP contribution in [0.25, 0.3) is 0 Å². The largest absolute Gasteiger partial charge is 0.378 e. The highest BCUT2D eigenvalue weighted by Gasteiger charge is 2.28. The lowest BCUT2D eigenvalue weighted by molar-refractivity contribution is -0.127. The van der Waals surface area contributed by atoms with Gasteiger partial charge in [-0.15, -0.1) is 11.3 Å². The van der Waals surface area contributed by atoms with E-state index < -0.39 is 5.41 Å². The predicted molar refractivity (Wildman–Crippen MR) is 91.3 cm³/mol. The van der Waals surface area contributed by atoms with Crippen molar-refractivity contribution in [1.29, 1.82) is 0 Å². The molecule has 23 heavy (non-hydrogen) atoms. The minimum absolute atomic E-state index is 0.108. The Hall–Kier alpha value is -1.76. The summed E-state index contributed by atoms with van der Waals surface area (Å²) < 4.78 is 10.7. The maximum Gasteiger partial charge on any atom is 0.234 e. The van der Waals surface area contributed by atoms with Crippen LogP contribution in [0.1, 0.15) is 25.1 Å². The molecule has 1 N–H and O–H groups in total. The SMILES string of the molecule is COCc1csc(NC(=O)C(C)(C)COCc2ccccc2)n1. The Morgan fingerprint density at radius 1 is 1.26 bits per heavy atom. The van der Waals surface area contributed by atoms with Crippen molar-refractivity contribution in [2.75, 3.05) is 19.0 Å². The molecular formula is C17H22N2O3S. The molecule has 5 nitrogen and oxygen atoms in total. The Kier molecular flexibility index (Phi) is 6.27. The maximum absolute atomic E-state index is 12.4. The number of hydrogen-bond acceptors (Lipinski definition) is 5. The van der Waals surface area contributed by atoms with Gasteiger partial charge in [-0.3, -0.25) is 4.79 Å². The Labute approximate surface area is 140 Å². The fraction of sp³-hybridized carbons (Fsp3) is 0.412. The first-order valence-corrected chi connectivity index (χ1v) is 8.26. The van der Waals surface area contributed by atoms with E-state index in [-0.39, 0.29) is 5.91 Å². The number of nitrogens with zero attached hydrogens (tertiary/aromatic N) is 1. The Balaban J connectivity index is 1.83. The third-order valence-corrected chi connectivity index (χ3v) is 4.06. The van der Waals surface area contributed by atoms with Crippen molar-refractivity contribution in [2.24, 2.45) is 5.41 Å². The number of amides is 1. The molecule has 1 aromatic heterocycles. The summed E-state index contributed by atoms with van der Waals surface area (Å²) in [6.07, 6.45) is 0. The number of hydrogen-bond donors (Lipinski definition) is 1. The molecule has 2 aromatic rings. The van der Waals surface area contributed by atoms with Crippen molar-refractivity contribution in [1.82, 2.24) is 4.98 Å². The maximum atomic E-state index is 12.4. The molecule has 2 rings (SSSR count). The number of ether oxygens (including phenoxy) is 2. The average Bonchev–Trinajstić information content (AvgIpc) is 2.96. The van der Waals surface area contributed by atoms with Crippen molar-refractivity contribution in [3.05, 3.63) is 47.0 Å². The first-order valence-electron chi connectivity index (χ1n) is 7.38. The first-order chi connectivity index (χ1) is 11.0. The monoisotopic (exact) mass is 334 g/mol. The summed E-state index contributed by atoms with van der Waals surface area (Å²) in [6, 6.07) is 9.90. The van der Waals surface area contributed by atoms with Crippen LogP contribution in [0, 0.1) is 5.41 Å². The molecule has 1 heterocycles. The van der Waals surface area contributed by atoms with Crippen LogP contribution >= 0.6 is 11.3 Å². The van der Waals surface area contributed by atoms with Gasteiger partial charge < -0.3 is 14.8 Å². The van der Waals surface area contributed by atoms with Gasteiger partial charge >= 0.3 is 0 Å². The number of thiazole rings is 1. The molecule has 0 saturated heterocycles. The van der Waals surface area contributed by atoms with Crippen LogP contribution in [0.2, 0.25) is 0 Å². The molecule has 1 amide bonds. The van der Waals surface area contributed by atoms with Gasteiger partial charge in [0.1, 0.15) is 0 Å². The zero-order chi connectivity index (χ0) is 16.7. The second-order valence-electron chi connectivity index (χ2n) is 5.89. The van der Waals surface area contributed by atoms with Gasteiger partial charge in [0.25, 0.3) is 0 Å². The third-order valence-electron chi connectivity index (χ3n) is 3.25. The van der Waals surface area contributed by atoms with Gasteiger partial charge in [-0.2, -0.15) is 0 Å². The summed E-state index contributed by atoms with van der Waals surface area (Å²) >= 11 is 1.39. The summed E-state index contributed by atoms with van der Waals surface area (Å²) in [5.74, 6) is -0.108. The quantitative estimate of drug-likeness (QED) is 0.803. The molecule has 0 saturated carbocycles. The smallest absolute Gasteiger partial charge is 0.234 e. The lowest BCUT2D eigenvalue weighted by Crippen LogP contribution is -2.34. The van der Waals surface area contributed by atoms with Crippen molar-refractivity contribution >= 4 is 22.4 Å². The van der Waals surface area contributed by atoms with Crippen LogP contribution in [-0.2, 0) is 27.5 Å². The van der Waals surface area contributed by atoms with Gasteiger partial charge in [0.15, 0.2) is 5.13 Å². The van der Waals surface area contributed by atoms with Gasteiger partial charge in [0.2, 0.25) is 5.91 Å². The minimum Gasteiger partial charge on any atom is -0.378 e. The van der Waals surface area contributed by atoms with E-state index >= 15 is 0 Å². The molecule has 6 heteroatoms. The van der Waals surface area contributed by atoms with Gasteiger partial charge in [-0.05, 0) is 19.4 Å². The van der Waals surface area contributed by atoms with Gasteiger partial charge in [-0.25, -0.2) is 4.98 Å². The van der Waals surface area contributed by atoms with Gasteiger partial charge in [0.05, 0.1) is 30.9 Å². The molecule has 124 valence electrons. The van der Waals surface area contributed by atoms with Crippen molar-refractivity contribution in [2.45, 2.75) is 27.1 Å². The minimum atomic E-state index is -0.637. The summed E-state index contributed by atoms with van der Waals surface area (Å²) in [5, 5.41) is 5.30. The van der Waals surface area contributed by atoms with E-state index in [0.29, 0.717) is 25.0 Å². The summed E-state index contributed by atoms with van der Waals surface area (Å²) in [6.45, 7) is 4.99. The van der Waals surface area contributed by atoms with Crippen LogP contribution in [-0.4, -0.2) is 24.6 Å². The molecule has 0 bridgehead atoms. The third kappa shape index (κ3) is 5.42. The van der Waals surface area contributed by atoms with Crippen LogP contribution in [0.4, 0.5) is 5.13 Å². The second-order valence-corrected chi connectivity index (χ2v) is 6.75. The standard InChI is InChI=1S/C17H22N2O3S/c1-17(2,12-22-9-13-7-5-4-6-8-13)15(20)19-16-18-14(10-21-3)11-23-16/h4-8,11H,9-10,12H2,1-3H3,(H,18,19,20). The highest BCUT2D eigenvalue weighted by atomic mass is 32.1.